The summed E-state index contributed by atoms with van der Waals surface area (Å²) in [7, 11) is 0. The Kier molecular flexibility index (Phi) is 12.2. The van der Waals surface area contributed by atoms with Gasteiger partial charge in [0.25, 0.3) is 0 Å². The number of nitrogens with two attached hydrogens (primary N) is 4. The fourth-order valence-electron chi connectivity index (χ4n) is 5.31. The zero-order valence-corrected chi connectivity index (χ0v) is 22.0. The molecule has 3 aliphatic rings. The number of ether oxygens (including phenoxy) is 4. The number of aliphatic hydroxyl groups excluding tert-OH is 7. The zero-order chi connectivity index (χ0) is 29.7. The Hall–Kier alpha value is -1.33. The van der Waals surface area contributed by atoms with E-state index in [-0.39, 0.29) is 19.4 Å². The number of hydrogen-bond acceptors (Lipinski definition) is 16. The van der Waals surface area contributed by atoms with E-state index in [0.717, 1.165) is 0 Å². The number of aliphatic hydroxyl groups is 7. The molecule has 2 aliphatic heterocycles. The molecule has 2 heterocycles. The SMILES string of the molecule is N=C(N)N[C@@H]1C[C@H](O)[C@@H](CN)O[C@@H]1OC1[C@@H](N)C[C@@H](NC(CO)CO)[C@H](O[C@H]2O[C@H](CO)[C@@H](O)[C@H](N)[C@H]2O)[C@H]1O. The summed E-state index contributed by atoms with van der Waals surface area (Å²) >= 11 is 0. The van der Waals surface area contributed by atoms with E-state index >= 15 is 0 Å². The molecule has 0 amide bonds. The van der Waals surface area contributed by atoms with Crippen molar-refractivity contribution in [2.45, 2.75) is 104 Å². The Balaban J connectivity index is 1.86. The quantitative estimate of drug-likeness (QED) is 0.0792. The molecule has 14 atom stereocenters. The second kappa shape index (κ2) is 14.7. The van der Waals surface area contributed by atoms with Gasteiger partial charge in [-0.25, -0.2) is 0 Å². The average Bonchev–Trinajstić information content (AvgIpc) is 2.92. The van der Waals surface area contributed by atoms with Crippen LogP contribution in [0.25, 0.3) is 0 Å². The molecule has 0 aromatic carbocycles. The predicted octanol–water partition coefficient (Wildman–Crippen LogP) is -7.79. The van der Waals surface area contributed by atoms with Crippen LogP contribution >= 0.6 is 0 Å². The summed E-state index contributed by atoms with van der Waals surface area (Å²) in [4.78, 5) is 0. The molecule has 0 aromatic heterocycles. The fourth-order valence-corrected chi connectivity index (χ4v) is 5.31. The lowest BCUT2D eigenvalue weighted by molar-refractivity contribution is -0.316. The molecule has 18 heteroatoms. The van der Waals surface area contributed by atoms with Gasteiger partial charge < -0.3 is 88.3 Å². The first kappa shape index (κ1) is 33.2. The van der Waals surface area contributed by atoms with Crippen molar-refractivity contribution in [3.05, 3.63) is 0 Å². The van der Waals surface area contributed by atoms with Crippen molar-refractivity contribution in [1.82, 2.24) is 10.6 Å². The van der Waals surface area contributed by atoms with E-state index in [2.05, 4.69) is 10.6 Å². The Labute approximate surface area is 231 Å². The second-order valence-electron chi connectivity index (χ2n) is 10.5. The molecule has 0 radical (unpaired) electrons. The summed E-state index contributed by atoms with van der Waals surface area (Å²) in [6.07, 6.45) is -12.4. The van der Waals surface area contributed by atoms with Crippen LogP contribution in [0.15, 0.2) is 0 Å². The van der Waals surface area contributed by atoms with Crippen LogP contribution in [0.5, 0.6) is 0 Å². The van der Waals surface area contributed by atoms with Crippen LogP contribution in [-0.4, -0.2) is 160 Å². The Morgan fingerprint density at radius 2 is 1.50 bits per heavy atom. The molecule has 3 rings (SSSR count). The fraction of sp³-hybridized carbons (Fsp3) is 0.955. The summed E-state index contributed by atoms with van der Waals surface area (Å²) in [6.45, 7) is -1.56. The highest BCUT2D eigenvalue weighted by atomic mass is 16.7. The van der Waals surface area contributed by atoms with Gasteiger partial charge in [-0.15, -0.1) is 0 Å². The highest BCUT2D eigenvalue weighted by molar-refractivity contribution is 5.74. The van der Waals surface area contributed by atoms with Gasteiger partial charge in [0.15, 0.2) is 18.5 Å². The molecule has 1 unspecified atom stereocenters. The van der Waals surface area contributed by atoms with Crippen LogP contribution in [-0.2, 0) is 18.9 Å². The zero-order valence-electron chi connectivity index (χ0n) is 22.0. The van der Waals surface area contributed by atoms with Gasteiger partial charge in [-0.1, -0.05) is 0 Å². The molecule has 1 aliphatic carbocycles. The molecule has 0 spiro atoms. The van der Waals surface area contributed by atoms with Crippen molar-refractivity contribution in [2.75, 3.05) is 26.4 Å². The van der Waals surface area contributed by atoms with Crippen LogP contribution in [0.2, 0.25) is 0 Å². The van der Waals surface area contributed by atoms with Crippen LogP contribution in [0.1, 0.15) is 12.8 Å². The number of nitrogens with one attached hydrogen (secondary N) is 3. The highest BCUT2D eigenvalue weighted by Crippen LogP contribution is 2.32. The first-order valence-corrected chi connectivity index (χ1v) is 13.2. The third-order valence-electron chi connectivity index (χ3n) is 7.56. The number of guanidine groups is 1. The molecule has 40 heavy (non-hydrogen) atoms. The summed E-state index contributed by atoms with van der Waals surface area (Å²) in [5.74, 6) is -0.404. The largest absolute Gasteiger partial charge is 0.395 e. The van der Waals surface area contributed by atoms with Gasteiger partial charge in [-0.05, 0) is 6.42 Å². The third-order valence-corrected chi connectivity index (χ3v) is 7.56. The maximum atomic E-state index is 11.5. The van der Waals surface area contributed by atoms with Crippen LogP contribution in [0.3, 0.4) is 0 Å². The van der Waals surface area contributed by atoms with Gasteiger partial charge in [-0.2, -0.15) is 0 Å². The molecule has 0 bridgehead atoms. The van der Waals surface area contributed by atoms with E-state index in [4.69, 9.17) is 47.3 Å². The standard InChI is InChI=1S/C22H45N7O11/c23-3-12-11(33)2-10(29-22(26)27)20(37-12)39-18-8(24)1-9(28-7(4-30)5-31)19(17(18)36)40-21-16(35)14(25)15(34)13(6-32)38-21/h7-21,28,30-36H,1-6,23-25H2,(H4,26,27,29)/t8-,9+,10+,11-,12+,13+,14-,15+,16+,17-,18?,19-,20+,21+/m0/s1. The van der Waals surface area contributed by atoms with Gasteiger partial charge in [0, 0.05) is 25.0 Å². The van der Waals surface area contributed by atoms with E-state index in [1.165, 1.54) is 0 Å². The minimum atomic E-state index is -1.55. The molecule has 1 saturated carbocycles. The van der Waals surface area contributed by atoms with Gasteiger partial charge in [0.05, 0.1) is 50.2 Å². The maximum absolute atomic E-state index is 11.5. The summed E-state index contributed by atoms with van der Waals surface area (Å²) < 4.78 is 23.4. The van der Waals surface area contributed by atoms with Crippen molar-refractivity contribution in [2.24, 2.45) is 22.9 Å². The number of hydrogen-bond donors (Lipinski definition) is 14. The lowest BCUT2D eigenvalue weighted by Gasteiger charge is -2.49. The van der Waals surface area contributed by atoms with Crippen molar-refractivity contribution in [1.29, 1.82) is 5.41 Å². The van der Waals surface area contributed by atoms with Gasteiger partial charge in [0.2, 0.25) is 0 Å². The lowest BCUT2D eigenvalue weighted by Crippen LogP contribution is -2.69. The van der Waals surface area contributed by atoms with Crippen LogP contribution in [0, 0.1) is 5.41 Å². The summed E-state index contributed by atoms with van der Waals surface area (Å²) in [5.41, 5.74) is 23.5. The average molecular weight is 584 g/mol. The van der Waals surface area contributed by atoms with E-state index in [1.54, 1.807) is 0 Å². The Morgan fingerprint density at radius 3 is 2.08 bits per heavy atom. The number of rotatable bonds is 11. The van der Waals surface area contributed by atoms with Crippen molar-refractivity contribution in [3.63, 3.8) is 0 Å². The van der Waals surface area contributed by atoms with E-state index < -0.39 is 117 Å². The van der Waals surface area contributed by atoms with Crippen molar-refractivity contribution < 1.29 is 54.7 Å². The minimum Gasteiger partial charge on any atom is -0.395 e. The molecule has 3 fully saturated rings. The van der Waals surface area contributed by atoms with E-state index in [9.17, 15) is 35.7 Å². The smallest absolute Gasteiger partial charge is 0.186 e. The van der Waals surface area contributed by atoms with Crippen LogP contribution < -0.4 is 33.6 Å². The summed E-state index contributed by atoms with van der Waals surface area (Å²) in [5, 5.41) is 84.6. The van der Waals surface area contributed by atoms with E-state index in [1.807, 2.05) is 0 Å². The predicted molar refractivity (Wildman–Crippen MR) is 136 cm³/mol. The van der Waals surface area contributed by atoms with Crippen LogP contribution in [0.4, 0.5) is 0 Å². The normalized spacial score (nSPS) is 44.5. The Bertz CT molecular complexity index is 800. The van der Waals surface area contributed by atoms with Gasteiger partial charge in [-0.3, -0.25) is 5.41 Å². The molecular weight excluding hydrogens is 538 g/mol. The molecular formula is C22H45N7O11. The monoisotopic (exact) mass is 583 g/mol. The molecule has 0 aromatic rings. The first-order chi connectivity index (χ1) is 18.9. The topological polar surface area (TPSA) is 331 Å². The second-order valence-corrected chi connectivity index (χ2v) is 10.5. The first-order valence-electron chi connectivity index (χ1n) is 13.2. The third kappa shape index (κ3) is 7.54. The maximum Gasteiger partial charge on any atom is 0.186 e. The van der Waals surface area contributed by atoms with Crippen molar-refractivity contribution >= 4 is 5.96 Å². The minimum absolute atomic E-state index is 0.0381. The van der Waals surface area contributed by atoms with Gasteiger partial charge in [0.1, 0.15) is 36.6 Å². The molecule has 234 valence electrons. The Morgan fingerprint density at radius 1 is 0.875 bits per heavy atom. The van der Waals surface area contributed by atoms with E-state index in [0.29, 0.717) is 0 Å². The van der Waals surface area contributed by atoms with Gasteiger partial charge >= 0.3 is 0 Å². The summed E-state index contributed by atoms with van der Waals surface area (Å²) in [6, 6.07) is -4.52. The molecule has 2 saturated heterocycles. The highest BCUT2D eigenvalue weighted by Gasteiger charge is 2.51. The lowest BCUT2D eigenvalue weighted by atomic mass is 9.83. The molecule has 18 nitrogen and oxygen atoms in total. The van der Waals surface area contributed by atoms with Crippen molar-refractivity contribution in [3.8, 4) is 0 Å². The molecule has 18 N–H and O–H groups in total.